The van der Waals surface area contributed by atoms with E-state index in [0.717, 1.165) is 12.2 Å². The molecule has 0 saturated heterocycles. The summed E-state index contributed by atoms with van der Waals surface area (Å²) in [5.41, 5.74) is 5.29. The summed E-state index contributed by atoms with van der Waals surface area (Å²) in [5, 5.41) is 0. The van der Waals surface area contributed by atoms with Gasteiger partial charge >= 0.3 is 0 Å². The van der Waals surface area contributed by atoms with Crippen molar-refractivity contribution in [2.75, 3.05) is 12.3 Å². The van der Waals surface area contributed by atoms with E-state index >= 15 is 0 Å². The van der Waals surface area contributed by atoms with E-state index in [9.17, 15) is 4.21 Å². The molecule has 0 rings (SSSR count). The van der Waals surface area contributed by atoms with Gasteiger partial charge in [0.05, 0.1) is 0 Å². The van der Waals surface area contributed by atoms with Gasteiger partial charge in [-0.05, 0) is 33.7 Å². The Morgan fingerprint density at radius 3 is 2.20 bits per heavy atom. The van der Waals surface area contributed by atoms with Crippen LogP contribution in [0.1, 0.15) is 27.2 Å². The minimum absolute atomic E-state index is 0.0742. The zero-order valence-electron chi connectivity index (χ0n) is 7.02. The highest BCUT2D eigenvalue weighted by Crippen LogP contribution is 2.11. The maximum Gasteiger partial charge on any atom is 0.0375 e. The predicted octanol–water partition coefficient (Wildman–Crippen LogP) is 0.882. The number of rotatable bonds is 3. The molecule has 2 N–H and O–H groups in total. The van der Waals surface area contributed by atoms with Gasteiger partial charge in [0, 0.05) is 21.3 Å². The van der Waals surface area contributed by atoms with Crippen LogP contribution in [-0.4, -0.2) is 21.3 Å². The van der Waals surface area contributed by atoms with Crippen LogP contribution in [-0.2, 0) is 10.8 Å². The first kappa shape index (κ1) is 10.1. The van der Waals surface area contributed by atoms with Crippen LogP contribution in [0, 0.1) is 0 Å². The van der Waals surface area contributed by atoms with E-state index in [1.807, 2.05) is 20.8 Å². The zero-order chi connectivity index (χ0) is 8.20. The third kappa shape index (κ3) is 4.01. The quantitative estimate of drug-likeness (QED) is 0.671. The Hall–Kier alpha value is 0.110. The molecule has 0 aromatic rings. The second-order valence-electron chi connectivity index (χ2n) is 3.30. The molecule has 0 aliphatic rings. The summed E-state index contributed by atoms with van der Waals surface area (Å²) in [6, 6.07) is 0. The maximum absolute atomic E-state index is 11.3. The third-order valence-electron chi connectivity index (χ3n) is 1.22. The summed E-state index contributed by atoms with van der Waals surface area (Å²) in [5.74, 6) is 0.736. The number of hydrogen-bond acceptors (Lipinski definition) is 2. The van der Waals surface area contributed by atoms with Crippen LogP contribution in [0.25, 0.3) is 0 Å². The Morgan fingerprint density at radius 2 is 1.90 bits per heavy atom. The summed E-state index contributed by atoms with van der Waals surface area (Å²) < 4.78 is 11.2. The molecule has 0 saturated carbocycles. The van der Waals surface area contributed by atoms with E-state index in [1.54, 1.807) is 0 Å². The largest absolute Gasteiger partial charge is 0.330 e. The van der Waals surface area contributed by atoms with Crippen molar-refractivity contribution in [3.8, 4) is 0 Å². The Labute approximate surface area is 65.6 Å². The topological polar surface area (TPSA) is 43.1 Å². The molecule has 0 amide bonds. The molecule has 3 heteroatoms. The van der Waals surface area contributed by atoms with Gasteiger partial charge in [-0.2, -0.15) is 0 Å². The molecule has 0 aromatic carbocycles. The van der Waals surface area contributed by atoms with Crippen molar-refractivity contribution in [3.63, 3.8) is 0 Å². The molecule has 0 spiro atoms. The fourth-order valence-corrected chi connectivity index (χ4v) is 1.56. The molecule has 0 radical (unpaired) electrons. The summed E-state index contributed by atoms with van der Waals surface area (Å²) in [6.45, 7) is 6.60. The van der Waals surface area contributed by atoms with Gasteiger partial charge in [-0.1, -0.05) is 0 Å². The monoisotopic (exact) mass is 163 g/mol. The van der Waals surface area contributed by atoms with E-state index in [0.29, 0.717) is 6.54 Å². The number of nitrogens with two attached hydrogens (primary N) is 1. The lowest BCUT2D eigenvalue weighted by Gasteiger charge is -2.16. The van der Waals surface area contributed by atoms with Crippen LogP contribution >= 0.6 is 0 Å². The second-order valence-corrected chi connectivity index (χ2v) is 5.63. The van der Waals surface area contributed by atoms with Crippen LogP contribution in [0.3, 0.4) is 0 Å². The van der Waals surface area contributed by atoms with Gasteiger partial charge in [0.25, 0.3) is 0 Å². The zero-order valence-corrected chi connectivity index (χ0v) is 7.83. The van der Waals surface area contributed by atoms with E-state index in [4.69, 9.17) is 5.73 Å². The molecule has 0 heterocycles. The van der Waals surface area contributed by atoms with Gasteiger partial charge in [0.1, 0.15) is 0 Å². The second kappa shape index (κ2) is 4.09. The average Bonchev–Trinajstić information content (AvgIpc) is 1.80. The molecule has 0 fully saturated rings. The highest BCUT2D eigenvalue weighted by molar-refractivity contribution is 7.86. The molecule has 0 aromatic heterocycles. The van der Waals surface area contributed by atoms with Crippen LogP contribution in [0.15, 0.2) is 0 Å². The lowest BCUT2D eigenvalue weighted by atomic mass is 10.3. The molecule has 10 heavy (non-hydrogen) atoms. The van der Waals surface area contributed by atoms with E-state index in [1.165, 1.54) is 0 Å². The highest BCUT2D eigenvalue weighted by Gasteiger charge is 2.17. The van der Waals surface area contributed by atoms with Gasteiger partial charge in [-0.15, -0.1) is 0 Å². The Morgan fingerprint density at radius 1 is 1.40 bits per heavy atom. The Kier molecular flexibility index (Phi) is 4.13. The molecular weight excluding hydrogens is 146 g/mol. The normalized spacial score (nSPS) is 15.2. The van der Waals surface area contributed by atoms with E-state index in [2.05, 4.69) is 0 Å². The van der Waals surface area contributed by atoms with Gasteiger partial charge in [0.15, 0.2) is 0 Å². The van der Waals surface area contributed by atoms with Crippen molar-refractivity contribution in [2.24, 2.45) is 5.73 Å². The summed E-state index contributed by atoms with van der Waals surface area (Å²) >= 11 is 0. The summed E-state index contributed by atoms with van der Waals surface area (Å²) in [7, 11) is -0.717. The molecule has 1 atom stereocenters. The highest BCUT2D eigenvalue weighted by atomic mass is 32.2. The Balaban J connectivity index is 3.64. The first-order valence-corrected chi connectivity index (χ1v) is 4.89. The van der Waals surface area contributed by atoms with E-state index in [-0.39, 0.29) is 4.75 Å². The van der Waals surface area contributed by atoms with Crippen molar-refractivity contribution >= 4 is 10.8 Å². The summed E-state index contributed by atoms with van der Waals surface area (Å²) in [4.78, 5) is 0. The molecule has 2 nitrogen and oxygen atoms in total. The Bertz CT molecular complexity index is 117. The minimum atomic E-state index is -0.717. The van der Waals surface area contributed by atoms with Crippen molar-refractivity contribution in [1.29, 1.82) is 0 Å². The SMILES string of the molecule is CC(C)(C)S(=O)CCCN. The number of hydrogen-bond donors (Lipinski definition) is 1. The van der Waals surface area contributed by atoms with Crippen LogP contribution in [0.4, 0.5) is 0 Å². The van der Waals surface area contributed by atoms with Crippen LogP contribution in [0.2, 0.25) is 0 Å². The molecule has 1 unspecified atom stereocenters. The first-order valence-electron chi connectivity index (χ1n) is 3.57. The minimum Gasteiger partial charge on any atom is -0.330 e. The molecule has 0 aliphatic carbocycles. The van der Waals surface area contributed by atoms with Crippen LogP contribution < -0.4 is 5.73 Å². The smallest absolute Gasteiger partial charge is 0.0375 e. The average molecular weight is 163 g/mol. The van der Waals surface area contributed by atoms with Crippen LogP contribution in [0.5, 0.6) is 0 Å². The lowest BCUT2D eigenvalue weighted by molar-refractivity contribution is 0.646. The van der Waals surface area contributed by atoms with Gasteiger partial charge in [-0.25, -0.2) is 0 Å². The van der Waals surface area contributed by atoms with Crippen molar-refractivity contribution in [3.05, 3.63) is 0 Å². The maximum atomic E-state index is 11.3. The van der Waals surface area contributed by atoms with Gasteiger partial charge in [0.2, 0.25) is 0 Å². The third-order valence-corrected chi connectivity index (χ3v) is 3.24. The predicted molar refractivity (Wildman–Crippen MR) is 46.4 cm³/mol. The fraction of sp³-hybridized carbons (Fsp3) is 1.00. The molecule has 62 valence electrons. The van der Waals surface area contributed by atoms with Crippen molar-refractivity contribution in [1.82, 2.24) is 0 Å². The fourth-order valence-electron chi connectivity index (χ4n) is 0.521. The lowest BCUT2D eigenvalue weighted by Crippen LogP contribution is -2.24. The molecular formula is C7H17NOS. The molecule has 0 bridgehead atoms. The van der Waals surface area contributed by atoms with E-state index < -0.39 is 10.8 Å². The summed E-state index contributed by atoms with van der Waals surface area (Å²) in [6.07, 6.45) is 0.865. The van der Waals surface area contributed by atoms with Gasteiger partial charge in [-0.3, -0.25) is 4.21 Å². The van der Waals surface area contributed by atoms with Crippen molar-refractivity contribution in [2.45, 2.75) is 31.9 Å². The first-order chi connectivity index (χ1) is 4.48. The van der Waals surface area contributed by atoms with Gasteiger partial charge < -0.3 is 5.73 Å². The standard InChI is InChI=1S/C7H17NOS/c1-7(2,3)10(9)6-4-5-8/h4-6,8H2,1-3H3. The van der Waals surface area contributed by atoms with Crippen molar-refractivity contribution < 1.29 is 4.21 Å². The molecule has 0 aliphatic heterocycles.